The zero-order valence-corrected chi connectivity index (χ0v) is 13.5. The van der Waals surface area contributed by atoms with Gasteiger partial charge in [0, 0.05) is 16.1 Å². The van der Waals surface area contributed by atoms with Crippen LogP contribution in [-0.4, -0.2) is 34.4 Å². The van der Waals surface area contributed by atoms with E-state index >= 15 is 0 Å². The van der Waals surface area contributed by atoms with E-state index in [9.17, 15) is 14.7 Å². The summed E-state index contributed by atoms with van der Waals surface area (Å²) in [5.74, 6) is -1.15. The number of benzene rings is 1. The maximum atomic E-state index is 12.6. The minimum Gasteiger partial charge on any atom is -0.378 e. The first-order valence-electron chi connectivity index (χ1n) is 7.11. The fourth-order valence-corrected chi connectivity index (χ4v) is 3.35. The van der Waals surface area contributed by atoms with Crippen LogP contribution in [-0.2, 0) is 9.59 Å². The molecular weight excluding hydrogens is 327 g/mol. The first-order chi connectivity index (χ1) is 10.4. The van der Waals surface area contributed by atoms with Crippen molar-refractivity contribution in [2.75, 3.05) is 6.54 Å². The van der Waals surface area contributed by atoms with E-state index in [2.05, 4.69) is 0 Å². The van der Waals surface area contributed by atoms with Gasteiger partial charge >= 0.3 is 0 Å². The van der Waals surface area contributed by atoms with Gasteiger partial charge in [-0.15, -0.1) is 0 Å². The fraction of sp³-hybridized carbons (Fsp3) is 0.467. The van der Waals surface area contributed by atoms with Crippen molar-refractivity contribution in [3.8, 4) is 0 Å². The van der Waals surface area contributed by atoms with Crippen LogP contribution in [0.4, 0.5) is 0 Å². The summed E-state index contributed by atoms with van der Waals surface area (Å²) in [4.78, 5) is 25.2. The maximum Gasteiger partial charge on any atom is 0.256 e. The second kappa shape index (κ2) is 7.31. The van der Waals surface area contributed by atoms with Crippen molar-refractivity contribution in [1.82, 2.24) is 4.90 Å². The number of primary amides is 1. The zero-order chi connectivity index (χ0) is 16.3. The van der Waals surface area contributed by atoms with Gasteiger partial charge in [-0.2, -0.15) is 0 Å². The van der Waals surface area contributed by atoms with Crippen LogP contribution in [0.15, 0.2) is 18.2 Å². The minimum atomic E-state index is -1.42. The fourth-order valence-electron chi connectivity index (χ4n) is 2.80. The summed E-state index contributed by atoms with van der Waals surface area (Å²) >= 11 is 11.8. The molecule has 1 fully saturated rings. The van der Waals surface area contributed by atoms with E-state index in [0.29, 0.717) is 15.6 Å². The Labute approximate surface area is 139 Å². The molecule has 1 aromatic carbocycles. The third-order valence-electron chi connectivity index (χ3n) is 3.81. The average molecular weight is 345 g/mol. The molecule has 120 valence electrons. The summed E-state index contributed by atoms with van der Waals surface area (Å²) < 4.78 is 0. The largest absolute Gasteiger partial charge is 0.378 e. The molecule has 1 atom stereocenters. The Morgan fingerprint density at radius 2 is 1.77 bits per heavy atom. The van der Waals surface area contributed by atoms with Crippen molar-refractivity contribution in [2.45, 2.75) is 37.8 Å². The van der Waals surface area contributed by atoms with Gasteiger partial charge in [-0.25, -0.2) is 0 Å². The highest BCUT2D eigenvalue weighted by Gasteiger charge is 2.32. The van der Waals surface area contributed by atoms with Crippen LogP contribution in [0.25, 0.3) is 0 Å². The molecule has 0 spiro atoms. The zero-order valence-electron chi connectivity index (χ0n) is 12.0. The topological polar surface area (TPSA) is 83.6 Å². The summed E-state index contributed by atoms with van der Waals surface area (Å²) in [6.07, 6.45) is 2.18. The molecule has 3 N–H and O–H groups in total. The monoisotopic (exact) mass is 344 g/mol. The Bertz CT molecular complexity index is 554. The quantitative estimate of drug-likeness (QED) is 0.859. The van der Waals surface area contributed by atoms with Crippen LogP contribution in [0, 0.1) is 0 Å². The van der Waals surface area contributed by atoms with Gasteiger partial charge in [0.05, 0.1) is 6.54 Å². The summed E-state index contributed by atoms with van der Waals surface area (Å²) in [5, 5.41) is 11.0. The SMILES string of the molecule is NC(=O)CN(C(=O)C(O)c1cc(Cl)cc(Cl)c1)C1CCCC1. The predicted molar refractivity (Wildman–Crippen MR) is 84.6 cm³/mol. The van der Waals surface area contributed by atoms with Gasteiger partial charge in [0.15, 0.2) is 6.10 Å². The number of rotatable bonds is 5. The molecule has 7 heteroatoms. The smallest absolute Gasteiger partial charge is 0.256 e. The van der Waals surface area contributed by atoms with E-state index in [1.807, 2.05) is 0 Å². The molecule has 1 aliphatic carbocycles. The number of hydrogen-bond donors (Lipinski definition) is 2. The van der Waals surface area contributed by atoms with Gasteiger partial charge in [-0.1, -0.05) is 36.0 Å². The highest BCUT2D eigenvalue weighted by atomic mass is 35.5. The van der Waals surface area contributed by atoms with Gasteiger partial charge in [-0.3, -0.25) is 9.59 Å². The van der Waals surface area contributed by atoms with Crippen molar-refractivity contribution in [2.24, 2.45) is 5.73 Å². The number of carbonyl (C=O) groups excluding carboxylic acids is 2. The van der Waals surface area contributed by atoms with E-state index in [0.717, 1.165) is 25.7 Å². The Hall–Kier alpha value is -1.30. The maximum absolute atomic E-state index is 12.6. The van der Waals surface area contributed by atoms with Crippen LogP contribution in [0.2, 0.25) is 10.0 Å². The van der Waals surface area contributed by atoms with Crippen molar-refractivity contribution < 1.29 is 14.7 Å². The van der Waals surface area contributed by atoms with Crippen molar-refractivity contribution in [3.63, 3.8) is 0 Å². The molecule has 1 aromatic rings. The number of nitrogens with two attached hydrogens (primary N) is 1. The standard InChI is InChI=1S/C15H18Cl2N2O3/c16-10-5-9(6-11(17)7-10)14(21)15(22)19(8-13(18)20)12-3-1-2-4-12/h5-7,12,14,21H,1-4,8H2,(H2,18,20). The van der Waals surface area contributed by atoms with Crippen molar-refractivity contribution in [3.05, 3.63) is 33.8 Å². The van der Waals surface area contributed by atoms with E-state index in [-0.39, 0.29) is 12.6 Å². The summed E-state index contributed by atoms with van der Waals surface area (Å²) in [6.45, 7) is -0.200. The predicted octanol–water partition coefficient (Wildman–Crippen LogP) is 2.28. The van der Waals surface area contributed by atoms with E-state index in [4.69, 9.17) is 28.9 Å². The lowest BCUT2D eigenvalue weighted by atomic mass is 10.1. The number of aliphatic hydroxyl groups excluding tert-OH is 1. The summed E-state index contributed by atoms with van der Waals surface area (Å²) in [6, 6.07) is 4.41. The number of carbonyl (C=O) groups is 2. The van der Waals surface area contributed by atoms with Crippen molar-refractivity contribution >= 4 is 35.0 Å². The van der Waals surface area contributed by atoms with E-state index < -0.39 is 17.9 Å². The van der Waals surface area contributed by atoms with Crippen LogP contribution in [0.1, 0.15) is 37.4 Å². The molecule has 1 aliphatic rings. The van der Waals surface area contributed by atoms with Crippen LogP contribution >= 0.6 is 23.2 Å². The Kier molecular flexibility index (Phi) is 5.67. The molecule has 2 amide bonds. The molecule has 0 saturated heterocycles. The molecule has 0 heterocycles. The van der Waals surface area contributed by atoms with Crippen LogP contribution in [0.5, 0.6) is 0 Å². The second-order valence-corrected chi connectivity index (χ2v) is 6.35. The average Bonchev–Trinajstić information content (AvgIpc) is 2.95. The second-order valence-electron chi connectivity index (χ2n) is 5.48. The molecule has 1 saturated carbocycles. The third kappa shape index (κ3) is 4.12. The molecular formula is C15H18Cl2N2O3. The Morgan fingerprint density at radius 1 is 1.23 bits per heavy atom. The Morgan fingerprint density at radius 3 is 2.27 bits per heavy atom. The van der Waals surface area contributed by atoms with E-state index in [1.165, 1.54) is 23.1 Å². The van der Waals surface area contributed by atoms with Gasteiger partial charge in [0.2, 0.25) is 5.91 Å². The molecule has 0 bridgehead atoms. The number of aliphatic hydroxyl groups is 1. The summed E-state index contributed by atoms with van der Waals surface area (Å²) in [7, 11) is 0. The number of nitrogens with zero attached hydrogens (tertiary/aromatic N) is 1. The number of hydrogen-bond acceptors (Lipinski definition) is 3. The molecule has 0 aromatic heterocycles. The Balaban J connectivity index is 2.22. The molecule has 0 aliphatic heterocycles. The lowest BCUT2D eigenvalue weighted by Gasteiger charge is -2.30. The molecule has 2 rings (SSSR count). The van der Waals surface area contributed by atoms with Gasteiger partial charge in [0.1, 0.15) is 0 Å². The van der Waals surface area contributed by atoms with Crippen LogP contribution < -0.4 is 5.73 Å². The highest BCUT2D eigenvalue weighted by Crippen LogP contribution is 2.28. The van der Waals surface area contributed by atoms with Gasteiger partial charge < -0.3 is 15.7 Å². The first-order valence-corrected chi connectivity index (χ1v) is 7.87. The normalized spacial score (nSPS) is 16.5. The lowest BCUT2D eigenvalue weighted by molar-refractivity contribution is -0.145. The van der Waals surface area contributed by atoms with Crippen LogP contribution in [0.3, 0.4) is 0 Å². The number of amides is 2. The first kappa shape index (κ1) is 17.1. The number of halogens is 2. The van der Waals surface area contributed by atoms with Crippen molar-refractivity contribution in [1.29, 1.82) is 0 Å². The minimum absolute atomic E-state index is 0.0655. The lowest BCUT2D eigenvalue weighted by Crippen LogP contribution is -2.46. The van der Waals surface area contributed by atoms with E-state index in [1.54, 1.807) is 0 Å². The molecule has 1 unspecified atom stereocenters. The van der Waals surface area contributed by atoms with Gasteiger partial charge in [-0.05, 0) is 36.6 Å². The molecule has 5 nitrogen and oxygen atoms in total. The molecule has 0 radical (unpaired) electrons. The third-order valence-corrected chi connectivity index (χ3v) is 4.25. The van der Waals surface area contributed by atoms with Gasteiger partial charge in [0.25, 0.3) is 5.91 Å². The molecule has 22 heavy (non-hydrogen) atoms. The highest BCUT2D eigenvalue weighted by molar-refractivity contribution is 6.34. The summed E-state index contributed by atoms with van der Waals surface area (Å²) in [5.41, 5.74) is 5.53.